The molecule has 0 aromatic rings. The van der Waals surface area contributed by atoms with Crippen LogP contribution in [0.4, 0.5) is 0 Å². The quantitative estimate of drug-likeness (QED) is 0.535. The van der Waals surface area contributed by atoms with Crippen LogP contribution in [0, 0.1) is 11.3 Å². The van der Waals surface area contributed by atoms with Crippen LogP contribution < -0.4 is 5.32 Å². The van der Waals surface area contributed by atoms with Crippen molar-refractivity contribution in [2.75, 3.05) is 27.2 Å². The Balaban J connectivity index is 4.57. The predicted molar refractivity (Wildman–Crippen MR) is 66.8 cm³/mol. The monoisotopic (exact) mass is 244 g/mol. The Morgan fingerprint density at radius 1 is 1.35 bits per heavy atom. The maximum absolute atomic E-state index is 12.1. The van der Waals surface area contributed by atoms with Crippen LogP contribution in [-0.2, 0) is 9.59 Å². The van der Waals surface area contributed by atoms with Gasteiger partial charge in [-0.05, 0) is 25.4 Å². The van der Waals surface area contributed by atoms with Crippen LogP contribution in [0.5, 0.6) is 0 Å². The van der Waals surface area contributed by atoms with Crippen molar-refractivity contribution in [2.45, 2.75) is 27.2 Å². The SMILES string of the molecule is CNCCCN(C)C(=O)C(C(=O)O)C(C)(C)C. The topological polar surface area (TPSA) is 69.6 Å². The molecule has 100 valence electrons. The first-order chi connectivity index (χ1) is 7.71. The maximum Gasteiger partial charge on any atom is 0.316 e. The fourth-order valence-electron chi connectivity index (χ4n) is 1.67. The summed E-state index contributed by atoms with van der Waals surface area (Å²) in [7, 11) is 3.50. The van der Waals surface area contributed by atoms with Crippen LogP contribution >= 0.6 is 0 Å². The van der Waals surface area contributed by atoms with Gasteiger partial charge in [-0.2, -0.15) is 0 Å². The summed E-state index contributed by atoms with van der Waals surface area (Å²) in [6.07, 6.45) is 0.815. The third-order valence-corrected chi connectivity index (χ3v) is 2.66. The molecule has 5 nitrogen and oxygen atoms in total. The molecule has 17 heavy (non-hydrogen) atoms. The van der Waals surface area contributed by atoms with Crippen LogP contribution in [0.25, 0.3) is 0 Å². The number of carboxylic acid groups (broad SMARTS) is 1. The summed E-state index contributed by atoms with van der Waals surface area (Å²) < 4.78 is 0. The molecule has 0 aliphatic heterocycles. The molecule has 0 fully saturated rings. The van der Waals surface area contributed by atoms with Crippen molar-refractivity contribution in [1.82, 2.24) is 10.2 Å². The highest BCUT2D eigenvalue weighted by Gasteiger charge is 2.39. The molecule has 0 spiro atoms. The van der Waals surface area contributed by atoms with Crippen LogP contribution in [-0.4, -0.2) is 49.1 Å². The van der Waals surface area contributed by atoms with E-state index in [0.717, 1.165) is 13.0 Å². The second-order valence-electron chi connectivity index (χ2n) is 5.35. The van der Waals surface area contributed by atoms with E-state index in [1.54, 1.807) is 27.8 Å². The van der Waals surface area contributed by atoms with Crippen molar-refractivity contribution in [1.29, 1.82) is 0 Å². The Morgan fingerprint density at radius 2 is 1.88 bits per heavy atom. The van der Waals surface area contributed by atoms with Crippen LogP contribution in [0.1, 0.15) is 27.2 Å². The third kappa shape index (κ3) is 5.17. The molecule has 0 aromatic heterocycles. The Hall–Kier alpha value is -1.10. The van der Waals surface area contributed by atoms with Crippen molar-refractivity contribution in [3.63, 3.8) is 0 Å². The lowest BCUT2D eigenvalue weighted by Crippen LogP contribution is -2.44. The number of hydrogen-bond donors (Lipinski definition) is 2. The number of carbonyl (C=O) groups is 2. The number of nitrogens with zero attached hydrogens (tertiary/aromatic N) is 1. The second-order valence-corrected chi connectivity index (χ2v) is 5.35. The minimum Gasteiger partial charge on any atom is -0.481 e. The van der Waals surface area contributed by atoms with Gasteiger partial charge in [-0.1, -0.05) is 20.8 Å². The molecule has 0 saturated carbocycles. The number of rotatable bonds is 6. The molecule has 2 N–H and O–H groups in total. The van der Waals surface area contributed by atoms with Gasteiger partial charge in [-0.15, -0.1) is 0 Å². The molecule has 0 aromatic carbocycles. The lowest BCUT2D eigenvalue weighted by Gasteiger charge is -2.29. The van der Waals surface area contributed by atoms with Crippen molar-refractivity contribution < 1.29 is 14.7 Å². The summed E-state index contributed by atoms with van der Waals surface area (Å²) in [6.45, 7) is 6.69. The zero-order chi connectivity index (χ0) is 13.6. The van der Waals surface area contributed by atoms with Gasteiger partial charge >= 0.3 is 5.97 Å². The maximum atomic E-state index is 12.1. The molecule has 0 bridgehead atoms. The molecule has 1 unspecified atom stereocenters. The number of carbonyl (C=O) groups excluding carboxylic acids is 1. The smallest absolute Gasteiger partial charge is 0.316 e. The minimum absolute atomic E-state index is 0.318. The van der Waals surface area contributed by atoms with Gasteiger partial charge in [-0.25, -0.2) is 0 Å². The van der Waals surface area contributed by atoms with E-state index in [0.29, 0.717) is 6.54 Å². The summed E-state index contributed by atoms with van der Waals surface area (Å²) >= 11 is 0. The standard InChI is InChI=1S/C12H24N2O3/c1-12(2,3)9(11(16)17)10(15)14(5)8-6-7-13-4/h9,13H,6-8H2,1-5H3,(H,16,17). The van der Waals surface area contributed by atoms with E-state index < -0.39 is 17.3 Å². The van der Waals surface area contributed by atoms with Crippen molar-refractivity contribution >= 4 is 11.9 Å². The first kappa shape index (κ1) is 15.9. The molecule has 0 heterocycles. The third-order valence-electron chi connectivity index (χ3n) is 2.66. The minimum atomic E-state index is -1.05. The van der Waals surface area contributed by atoms with Crippen molar-refractivity contribution in [2.24, 2.45) is 11.3 Å². The summed E-state index contributed by atoms with van der Waals surface area (Å²) in [5.74, 6) is -2.36. The molecule has 1 amide bonds. The Labute approximate surface area is 103 Å². The first-order valence-electron chi connectivity index (χ1n) is 5.84. The Bertz CT molecular complexity index is 271. The number of hydrogen-bond acceptors (Lipinski definition) is 3. The number of amides is 1. The fourth-order valence-corrected chi connectivity index (χ4v) is 1.67. The highest BCUT2D eigenvalue weighted by Crippen LogP contribution is 2.27. The molecule has 0 rings (SSSR count). The van der Waals surface area contributed by atoms with Gasteiger partial charge in [0.2, 0.25) is 5.91 Å². The van der Waals surface area contributed by atoms with E-state index >= 15 is 0 Å². The molecule has 0 aliphatic carbocycles. The average molecular weight is 244 g/mol. The molecule has 0 radical (unpaired) electrons. The Morgan fingerprint density at radius 3 is 2.24 bits per heavy atom. The lowest BCUT2D eigenvalue weighted by molar-refractivity contribution is -0.155. The number of nitrogens with one attached hydrogen (secondary N) is 1. The second kappa shape index (κ2) is 6.59. The molecule has 5 heteroatoms. The van der Waals surface area contributed by atoms with Crippen molar-refractivity contribution in [3.05, 3.63) is 0 Å². The van der Waals surface area contributed by atoms with E-state index in [-0.39, 0.29) is 5.91 Å². The van der Waals surface area contributed by atoms with Gasteiger partial charge in [0.05, 0.1) is 0 Å². The molecule has 1 atom stereocenters. The van der Waals surface area contributed by atoms with Gasteiger partial charge < -0.3 is 15.3 Å². The number of carboxylic acids is 1. The lowest BCUT2D eigenvalue weighted by atomic mass is 9.80. The normalized spacial score (nSPS) is 13.2. The fraction of sp³-hybridized carbons (Fsp3) is 0.833. The van der Waals surface area contributed by atoms with Crippen LogP contribution in [0.3, 0.4) is 0 Å². The number of aliphatic carboxylic acids is 1. The molecule has 0 saturated heterocycles. The van der Waals surface area contributed by atoms with E-state index in [4.69, 9.17) is 5.11 Å². The van der Waals surface area contributed by atoms with E-state index in [1.807, 2.05) is 7.05 Å². The first-order valence-corrected chi connectivity index (χ1v) is 5.84. The molecular weight excluding hydrogens is 220 g/mol. The van der Waals surface area contributed by atoms with E-state index in [1.165, 1.54) is 4.90 Å². The molecule has 0 aliphatic rings. The average Bonchev–Trinajstić information content (AvgIpc) is 2.14. The highest BCUT2D eigenvalue weighted by molar-refractivity contribution is 5.97. The summed E-state index contributed by atoms with van der Waals surface area (Å²) in [5.41, 5.74) is -0.569. The molecular formula is C12H24N2O3. The van der Waals surface area contributed by atoms with Crippen LogP contribution in [0.15, 0.2) is 0 Å². The predicted octanol–water partition coefficient (Wildman–Crippen LogP) is 0.801. The van der Waals surface area contributed by atoms with Gasteiger partial charge in [-0.3, -0.25) is 9.59 Å². The van der Waals surface area contributed by atoms with Gasteiger partial charge in [0.15, 0.2) is 0 Å². The Kier molecular flexibility index (Phi) is 6.16. The zero-order valence-electron chi connectivity index (χ0n) is 11.4. The summed E-state index contributed by atoms with van der Waals surface area (Å²) in [4.78, 5) is 24.7. The van der Waals surface area contributed by atoms with Gasteiger partial charge in [0.1, 0.15) is 5.92 Å². The van der Waals surface area contributed by atoms with Crippen molar-refractivity contribution in [3.8, 4) is 0 Å². The largest absolute Gasteiger partial charge is 0.481 e. The van der Waals surface area contributed by atoms with Crippen LogP contribution in [0.2, 0.25) is 0 Å². The van der Waals surface area contributed by atoms with Gasteiger partial charge in [0.25, 0.3) is 0 Å². The zero-order valence-corrected chi connectivity index (χ0v) is 11.4. The van der Waals surface area contributed by atoms with E-state index in [2.05, 4.69) is 5.32 Å². The highest BCUT2D eigenvalue weighted by atomic mass is 16.4. The summed E-state index contributed by atoms with van der Waals surface area (Å²) in [5, 5.41) is 12.1. The van der Waals surface area contributed by atoms with Gasteiger partial charge in [0, 0.05) is 13.6 Å². The summed E-state index contributed by atoms with van der Waals surface area (Å²) in [6, 6.07) is 0. The van der Waals surface area contributed by atoms with E-state index in [9.17, 15) is 9.59 Å².